The number of hydrogen-bond acceptors (Lipinski definition) is 10. The highest BCUT2D eigenvalue weighted by atomic mass is 16.5. The number of nitrogens with zero attached hydrogens (tertiary/aromatic N) is 3. The molecule has 0 spiro atoms. The summed E-state index contributed by atoms with van der Waals surface area (Å²) in [4.78, 5) is 89.9. The van der Waals surface area contributed by atoms with Crippen LogP contribution in [0, 0.1) is 0 Å². The predicted octanol–water partition coefficient (Wildman–Crippen LogP) is -1.97. The molecule has 0 aromatic heterocycles. The van der Waals surface area contributed by atoms with E-state index in [0.29, 0.717) is 26.2 Å². The van der Waals surface area contributed by atoms with Gasteiger partial charge in [0.05, 0.1) is 46.1 Å². The molecule has 2 heterocycles. The predicted molar refractivity (Wildman–Crippen MR) is 164 cm³/mol. The number of Topliss-reactive ketones (excluding diaryl/α,β-unsaturated/α-hetero) is 1. The maximum absolute atomic E-state index is 12.7. The number of carbonyl (C=O) groups is 7. The van der Waals surface area contributed by atoms with Crippen molar-refractivity contribution < 1.29 is 43.0 Å². The molecule has 3 N–H and O–H groups in total. The van der Waals surface area contributed by atoms with E-state index < -0.39 is 35.6 Å². The van der Waals surface area contributed by atoms with E-state index >= 15 is 0 Å². The Morgan fingerprint density at radius 3 is 2.02 bits per heavy atom. The minimum Gasteiger partial charge on any atom is -0.378 e. The topological polar surface area (TPSA) is 184 Å². The molecule has 0 unspecified atom stereocenters. The van der Waals surface area contributed by atoms with E-state index in [2.05, 4.69) is 16.0 Å². The molecule has 1 aromatic carbocycles. The molecule has 1 aromatic rings. The van der Waals surface area contributed by atoms with Crippen LogP contribution in [-0.2, 0) is 49.5 Å². The Bertz CT molecular complexity index is 1240. The molecule has 0 aliphatic carbocycles. The number of ether oxygens (including phenoxy) is 2. The van der Waals surface area contributed by atoms with Crippen molar-refractivity contribution in [2.45, 2.75) is 25.8 Å². The van der Waals surface area contributed by atoms with Crippen LogP contribution in [0.1, 0.15) is 18.9 Å². The molecule has 3 rings (SSSR count). The molecule has 0 bridgehead atoms. The van der Waals surface area contributed by atoms with Crippen LogP contribution in [0.25, 0.3) is 0 Å². The van der Waals surface area contributed by atoms with Gasteiger partial charge in [0, 0.05) is 57.7 Å². The van der Waals surface area contributed by atoms with E-state index in [4.69, 9.17) is 9.47 Å². The number of amides is 6. The molecular formula is C31H42N6O9. The summed E-state index contributed by atoms with van der Waals surface area (Å²) >= 11 is 0. The van der Waals surface area contributed by atoms with E-state index in [-0.39, 0.29) is 77.1 Å². The zero-order chi connectivity index (χ0) is 33.3. The van der Waals surface area contributed by atoms with Gasteiger partial charge >= 0.3 is 0 Å². The zero-order valence-corrected chi connectivity index (χ0v) is 26.0. The molecule has 2 aliphatic heterocycles. The lowest BCUT2D eigenvalue weighted by Crippen LogP contribution is -2.51. The minimum atomic E-state index is -0.933. The van der Waals surface area contributed by atoms with Crippen LogP contribution < -0.4 is 16.0 Å². The Morgan fingerprint density at radius 1 is 0.804 bits per heavy atom. The summed E-state index contributed by atoms with van der Waals surface area (Å²) in [6, 6.07) is 8.18. The van der Waals surface area contributed by atoms with Gasteiger partial charge in [0.2, 0.25) is 23.6 Å². The van der Waals surface area contributed by atoms with Crippen molar-refractivity contribution in [2.75, 3.05) is 78.8 Å². The summed E-state index contributed by atoms with van der Waals surface area (Å²) in [5.74, 6) is -2.76. The fourth-order valence-corrected chi connectivity index (χ4v) is 4.67. The SMILES string of the molecule is CC(=O)CNC(=O)[C@H](Cc1ccccc1)NC(=O)CNC(=O)CN1CCOCCN(C(=O)CCN2C(=O)C=CC2=O)CCOCC1. The van der Waals surface area contributed by atoms with Gasteiger partial charge in [-0.15, -0.1) is 0 Å². The zero-order valence-electron chi connectivity index (χ0n) is 26.0. The molecule has 0 radical (unpaired) electrons. The highest BCUT2D eigenvalue weighted by Gasteiger charge is 2.25. The monoisotopic (exact) mass is 642 g/mol. The standard InChI is InChI=1S/C31H42N6O9/c1-23(38)20-33-31(44)25(19-24-5-3-2-4-6-24)34-26(39)21-32-27(40)22-35-11-15-45-17-13-36(14-18-46-16-12-35)28(41)9-10-37-29(42)7-8-30(37)43/h2-8,25H,9-22H2,1H3,(H,32,40)(H,33,44)(H,34,39)/t25-/m0/s1. The molecule has 0 saturated carbocycles. The largest absolute Gasteiger partial charge is 0.378 e. The van der Waals surface area contributed by atoms with Gasteiger partial charge in [-0.05, 0) is 12.5 Å². The van der Waals surface area contributed by atoms with Gasteiger partial charge in [0.15, 0.2) is 0 Å². The summed E-state index contributed by atoms with van der Waals surface area (Å²) in [6.45, 7) is 3.32. The average Bonchev–Trinajstić information content (AvgIpc) is 3.35. The molecule has 250 valence electrons. The van der Waals surface area contributed by atoms with Crippen molar-refractivity contribution in [1.29, 1.82) is 0 Å². The quantitative estimate of drug-likeness (QED) is 0.204. The third-order valence-corrected chi connectivity index (χ3v) is 7.18. The Morgan fingerprint density at radius 2 is 1.41 bits per heavy atom. The number of rotatable bonds is 13. The van der Waals surface area contributed by atoms with Crippen molar-refractivity contribution in [3.63, 3.8) is 0 Å². The number of ketones is 1. The van der Waals surface area contributed by atoms with Crippen molar-refractivity contribution in [3.8, 4) is 0 Å². The van der Waals surface area contributed by atoms with Gasteiger partial charge in [-0.25, -0.2) is 0 Å². The summed E-state index contributed by atoms with van der Waals surface area (Å²) < 4.78 is 11.4. The van der Waals surface area contributed by atoms with Crippen LogP contribution in [-0.4, -0.2) is 141 Å². The van der Waals surface area contributed by atoms with E-state index in [9.17, 15) is 33.6 Å². The highest BCUT2D eigenvalue weighted by Crippen LogP contribution is 2.07. The van der Waals surface area contributed by atoms with Crippen molar-refractivity contribution in [2.24, 2.45) is 0 Å². The molecule has 46 heavy (non-hydrogen) atoms. The lowest BCUT2D eigenvalue weighted by molar-refractivity contribution is -0.139. The van der Waals surface area contributed by atoms with Crippen molar-refractivity contribution in [3.05, 3.63) is 48.0 Å². The third-order valence-electron chi connectivity index (χ3n) is 7.18. The number of benzene rings is 1. The smallest absolute Gasteiger partial charge is 0.253 e. The molecule has 1 atom stereocenters. The van der Waals surface area contributed by atoms with Crippen LogP contribution >= 0.6 is 0 Å². The third kappa shape index (κ3) is 12.9. The van der Waals surface area contributed by atoms with Crippen LogP contribution in [0.5, 0.6) is 0 Å². The second kappa shape index (κ2) is 19.1. The number of imide groups is 1. The van der Waals surface area contributed by atoms with Gasteiger partial charge in [-0.1, -0.05) is 30.3 Å². The van der Waals surface area contributed by atoms with Crippen molar-refractivity contribution in [1.82, 2.24) is 30.7 Å². The molecule has 1 fully saturated rings. The summed E-state index contributed by atoms with van der Waals surface area (Å²) in [7, 11) is 0. The Balaban J connectivity index is 1.40. The number of nitrogens with one attached hydrogen (secondary N) is 3. The van der Waals surface area contributed by atoms with Crippen LogP contribution in [0.15, 0.2) is 42.5 Å². The first-order chi connectivity index (χ1) is 22.1. The van der Waals surface area contributed by atoms with Crippen molar-refractivity contribution >= 4 is 41.2 Å². The molecule has 1 saturated heterocycles. The van der Waals surface area contributed by atoms with E-state index in [1.165, 1.54) is 19.1 Å². The fourth-order valence-electron chi connectivity index (χ4n) is 4.67. The van der Waals surface area contributed by atoms with Gasteiger partial charge in [0.1, 0.15) is 11.8 Å². The lowest BCUT2D eigenvalue weighted by atomic mass is 10.1. The van der Waals surface area contributed by atoms with Crippen LogP contribution in [0.4, 0.5) is 0 Å². The maximum atomic E-state index is 12.7. The summed E-state index contributed by atoms with van der Waals surface area (Å²) in [6.07, 6.45) is 2.57. The van der Waals surface area contributed by atoms with Gasteiger partial charge in [-0.2, -0.15) is 0 Å². The second-order valence-corrected chi connectivity index (χ2v) is 10.8. The minimum absolute atomic E-state index is 0.000811. The average molecular weight is 643 g/mol. The number of hydrogen-bond donors (Lipinski definition) is 3. The van der Waals surface area contributed by atoms with Gasteiger partial charge < -0.3 is 30.3 Å². The number of carbonyl (C=O) groups excluding carboxylic acids is 7. The first-order valence-electron chi connectivity index (χ1n) is 15.2. The molecular weight excluding hydrogens is 600 g/mol. The Labute approximate surface area is 267 Å². The molecule has 6 amide bonds. The van der Waals surface area contributed by atoms with Crippen LogP contribution in [0.3, 0.4) is 0 Å². The molecule has 2 aliphatic rings. The first kappa shape index (κ1) is 36.0. The fraction of sp³-hybridized carbons (Fsp3) is 0.516. The Kier molecular flexibility index (Phi) is 15.0. The van der Waals surface area contributed by atoms with Gasteiger partial charge in [0.25, 0.3) is 11.8 Å². The lowest BCUT2D eigenvalue weighted by Gasteiger charge is -2.26. The maximum Gasteiger partial charge on any atom is 0.253 e. The van der Waals surface area contributed by atoms with E-state index in [1.807, 2.05) is 35.2 Å². The summed E-state index contributed by atoms with van der Waals surface area (Å²) in [5.41, 5.74) is 0.819. The molecule has 15 heteroatoms. The Hall–Kier alpha value is -4.47. The molecule has 15 nitrogen and oxygen atoms in total. The van der Waals surface area contributed by atoms with E-state index in [1.54, 1.807) is 4.90 Å². The highest BCUT2D eigenvalue weighted by molar-refractivity contribution is 6.13. The second-order valence-electron chi connectivity index (χ2n) is 10.8. The van der Waals surface area contributed by atoms with E-state index in [0.717, 1.165) is 10.5 Å². The summed E-state index contributed by atoms with van der Waals surface area (Å²) in [5, 5.41) is 7.73. The van der Waals surface area contributed by atoms with Gasteiger partial charge in [-0.3, -0.25) is 43.4 Å². The normalized spacial score (nSPS) is 17.1. The van der Waals surface area contributed by atoms with Crippen LogP contribution in [0.2, 0.25) is 0 Å². The first-order valence-corrected chi connectivity index (χ1v) is 15.2.